The molecule has 2 rings (SSSR count). The van der Waals surface area contributed by atoms with Crippen molar-refractivity contribution in [3.05, 3.63) is 29.3 Å². The van der Waals surface area contributed by atoms with Crippen molar-refractivity contribution in [1.29, 1.82) is 0 Å². The fourth-order valence-corrected chi connectivity index (χ4v) is 2.63. The summed E-state index contributed by atoms with van der Waals surface area (Å²) in [5.74, 6) is 0.288. The number of benzene rings is 1. The lowest BCUT2D eigenvalue weighted by molar-refractivity contribution is 0.0635. The molecule has 116 valence electrons. The van der Waals surface area contributed by atoms with Crippen molar-refractivity contribution in [2.75, 3.05) is 39.3 Å². The smallest absolute Gasteiger partial charge is 0.253 e. The van der Waals surface area contributed by atoms with Gasteiger partial charge in [0.2, 0.25) is 0 Å². The average Bonchev–Trinajstić information content (AvgIpc) is 2.50. The van der Waals surface area contributed by atoms with Crippen LogP contribution in [0.3, 0.4) is 0 Å². The van der Waals surface area contributed by atoms with Crippen molar-refractivity contribution in [1.82, 2.24) is 9.80 Å². The highest BCUT2D eigenvalue weighted by Gasteiger charge is 2.22. The summed E-state index contributed by atoms with van der Waals surface area (Å²) in [6.07, 6.45) is 2.19. The molecule has 1 aliphatic rings. The van der Waals surface area contributed by atoms with Gasteiger partial charge in [-0.3, -0.25) is 9.69 Å². The van der Waals surface area contributed by atoms with Crippen LogP contribution >= 0.6 is 0 Å². The SMILES string of the molecule is Cc1cc(C(=O)N2CCN(CCCCN)CC2)ccc1O. The van der Waals surface area contributed by atoms with Crippen molar-refractivity contribution in [2.24, 2.45) is 5.73 Å². The van der Waals surface area contributed by atoms with Crippen LogP contribution in [-0.4, -0.2) is 60.1 Å². The van der Waals surface area contributed by atoms with Crippen LogP contribution in [-0.2, 0) is 0 Å². The monoisotopic (exact) mass is 291 g/mol. The van der Waals surface area contributed by atoms with E-state index < -0.39 is 0 Å². The summed E-state index contributed by atoms with van der Waals surface area (Å²) < 4.78 is 0. The quantitative estimate of drug-likeness (QED) is 0.800. The molecule has 3 N–H and O–H groups in total. The highest BCUT2D eigenvalue weighted by Crippen LogP contribution is 2.18. The number of piperazine rings is 1. The molecule has 5 nitrogen and oxygen atoms in total. The molecule has 0 spiro atoms. The number of carbonyl (C=O) groups excluding carboxylic acids is 1. The molecule has 21 heavy (non-hydrogen) atoms. The number of aromatic hydroxyl groups is 1. The van der Waals surface area contributed by atoms with Crippen molar-refractivity contribution in [3.8, 4) is 5.75 Å². The number of carbonyl (C=O) groups is 1. The third kappa shape index (κ3) is 4.19. The van der Waals surface area contributed by atoms with E-state index in [1.807, 2.05) is 11.8 Å². The predicted octanol–water partition coefficient (Wildman–Crippen LogP) is 1.20. The average molecular weight is 291 g/mol. The van der Waals surface area contributed by atoms with E-state index in [2.05, 4.69) is 4.90 Å². The summed E-state index contributed by atoms with van der Waals surface area (Å²) in [5, 5.41) is 9.53. The summed E-state index contributed by atoms with van der Waals surface area (Å²) in [6.45, 7) is 7.00. The third-order valence-electron chi connectivity index (χ3n) is 4.03. The van der Waals surface area contributed by atoms with Crippen LogP contribution in [0.25, 0.3) is 0 Å². The maximum atomic E-state index is 12.4. The summed E-state index contributed by atoms with van der Waals surface area (Å²) in [4.78, 5) is 16.7. The molecule has 1 fully saturated rings. The number of hydrogen-bond acceptors (Lipinski definition) is 4. The van der Waals surface area contributed by atoms with Gasteiger partial charge in [0, 0.05) is 31.7 Å². The number of unbranched alkanes of at least 4 members (excludes halogenated alkanes) is 1. The Morgan fingerprint density at radius 2 is 1.95 bits per heavy atom. The fourth-order valence-electron chi connectivity index (χ4n) is 2.63. The van der Waals surface area contributed by atoms with Crippen molar-refractivity contribution in [3.63, 3.8) is 0 Å². The lowest BCUT2D eigenvalue weighted by atomic mass is 10.1. The number of hydrogen-bond donors (Lipinski definition) is 2. The minimum Gasteiger partial charge on any atom is -0.508 e. The Bertz CT molecular complexity index is 482. The Morgan fingerprint density at radius 3 is 2.57 bits per heavy atom. The van der Waals surface area contributed by atoms with Gasteiger partial charge in [-0.05, 0) is 56.6 Å². The molecule has 1 aromatic carbocycles. The van der Waals surface area contributed by atoms with Gasteiger partial charge in [-0.15, -0.1) is 0 Å². The van der Waals surface area contributed by atoms with Gasteiger partial charge in [0.1, 0.15) is 5.75 Å². The molecule has 0 atom stereocenters. The Hall–Kier alpha value is -1.59. The molecule has 1 aromatic rings. The zero-order valence-electron chi connectivity index (χ0n) is 12.7. The number of nitrogens with two attached hydrogens (primary N) is 1. The molecule has 0 aromatic heterocycles. The Balaban J connectivity index is 1.86. The molecule has 0 aliphatic carbocycles. The number of rotatable bonds is 5. The van der Waals surface area contributed by atoms with Gasteiger partial charge in [-0.1, -0.05) is 0 Å². The standard InChI is InChI=1S/C16H25N3O2/c1-13-12-14(4-5-15(13)20)16(21)19-10-8-18(9-11-19)7-3-2-6-17/h4-5,12,20H,2-3,6-11,17H2,1H3. The molecular weight excluding hydrogens is 266 g/mol. The van der Waals surface area contributed by atoms with Crippen LogP contribution in [0.15, 0.2) is 18.2 Å². The van der Waals surface area contributed by atoms with Crippen LogP contribution in [0.2, 0.25) is 0 Å². The molecule has 0 bridgehead atoms. The van der Waals surface area contributed by atoms with Gasteiger partial charge in [0.05, 0.1) is 0 Å². The van der Waals surface area contributed by atoms with Crippen LogP contribution in [0.1, 0.15) is 28.8 Å². The van der Waals surface area contributed by atoms with Crippen LogP contribution < -0.4 is 5.73 Å². The van der Waals surface area contributed by atoms with Gasteiger partial charge in [-0.2, -0.15) is 0 Å². The van der Waals surface area contributed by atoms with E-state index in [4.69, 9.17) is 5.73 Å². The lowest BCUT2D eigenvalue weighted by Gasteiger charge is -2.34. The first kappa shape index (κ1) is 15.8. The van der Waals surface area contributed by atoms with Crippen molar-refractivity contribution in [2.45, 2.75) is 19.8 Å². The number of nitrogens with zero attached hydrogens (tertiary/aromatic N) is 2. The lowest BCUT2D eigenvalue weighted by Crippen LogP contribution is -2.48. The highest BCUT2D eigenvalue weighted by atomic mass is 16.3. The number of phenols is 1. The van der Waals surface area contributed by atoms with E-state index in [0.717, 1.165) is 57.7 Å². The third-order valence-corrected chi connectivity index (χ3v) is 4.03. The first-order valence-electron chi connectivity index (χ1n) is 7.63. The second-order valence-corrected chi connectivity index (χ2v) is 5.63. The van der Waals surface area contributed by atoms with Crippen LogP contribution in [0, 0.1) is 6.92 Å². The molecule has 0 unspecified atom stereocenters. The normalized spacial score (nSPS) is 16.2. The van der Waals surface area contributed by atoms with Gasteiger partial charge in [0.25, 0.3) is 5.91 Å². The number of amides is 1. The minimum absolute atomic E-state index is 0.0553. The largest absolute Gasteiger partial charge is 0.508 e. The van der Waals surface area contributed by atoms with Gasteiger partial charge >= 0.3 is 0 Å². The molecule has 0 radical (unpaired) electrons. The first-order valence-corrected chi connectivity index (χ1v) is 7.63. The molecular formula is C16H25N3O2. The fraction of sp³-hybridized carbons (Fsp3) is 0.562. The Kier molecular flexibility index (Phi) is 5.59. The maximum Gasteiger partial charge on any atom is 0.253 e. The topological polar surface area (TPSA) is 69.8 Å². The molecule has 1 saturated heterocycles. The number of phenolic OH excluding ortho intramolecular Hbond substituents is 1. The molecule has 1 amide bonds. The molecule has 1 aliphatic heterocycles. The highest BCUT2D eigenvalue weighted by molar-refractivity contribution is 5.94. The van der Waals surface area contributed by atoms with Gasteiger partial charge in [-0.25, -0.2) is 0 Å². The summed E-state index contributed by atoms with van der Waals surface area (Å²) in [7, 11) is 0. The molecule has 5 heteroatoms. The van der Waals surface area contributed by atoms with E-state index in [1.165, 1.54) is 0 Å². The Labute approximate surface area is 126 Å². The Morgan fingerprint density at radius 1 is 1.24 bits per heavy atom. The van der Waals surface area contributed by atoms with Gasteiger partial charge < -0.3 is 15.7 Å². The van der Waals surface area contributed by atoms with Crippen molar-refractivity contribution < 1.29 is 9.90 Å². The summed E-state index contributed by atoms with van der Waals surface area (Å²) in [5.41, 5.74) is 6.90. The van der Waals surface area contributed by atoms with E-state index in [1.54, 1.807) is 18.2 Å². The zero-order valence-corrected chi connectivity index (χ0v) is 12.7. The van der Waals surface area contributed by atoms with Crippen LogP contribution in [0.4, 0.5) is 0 Å². The second-order valence-electron chi connectivity index (χ2n) is 5.63. The molecule has 0 saturated carbocycles. The van der Waals surface area contributed by atoms with E-state index in [0.29, 0.717) is 5.56 Å². The first-order chi connectivity index (χ1) is 10.1. The van der Waals surface area contributed by atoms with E-state index >= 15 is 0 Å². The van der Waals surface area contributed by atoms with E-state index in [-0.39, 0.29) is 11.7 Å². The zero-order chi connectivity index (χ0) is 15.2. The second kappa shape index (κ2) is 7.43. The number of aryl methyl sites for hydroxylation is 1. The minimum atomic E-state index is 0.0553. The van der Waals surface area contributed by atoms with E-state index in [9.17, 15) is 9.90 Å². The van der Waals surface area contributed by atoms with Crippen molar-refractivity contribution >= 4 is 5.91 Å². The maximum absolute atomic E-state index is 12.4. The van der Waals surface area contributed by atoms with Gasteiger partial charge in [0.15, 0.2) is 0 Å². The van der Waals surface area contributed by atoms with Crippen LogP contribution in [0.5, 0.6) is 5.75 Å². The predicted molar refractivity (Wildman–Crippen MR) is 83.5 cm³/mol. The molecule has 1 heterocycles. The summed E-state index contributed by atoms with van der Waals surface area (Å²) >= 11 is 0. The summed E-state index contributed by atoms with van der Waals surface area (Å²) in [6, 6.07) is 5.04.